The average Bonchev–Trinajstić information content (AvgIpc) is 3.01. The van der Waals surface area contributed by atoms with E-state index in [1.165, 1.54) is 37.8 Å². The predicted octanol–water partition coefficient (Wildman–Crippen LogP) is 3.38. The molecule has 0 saturated heterocycles. The van der Waals surface area contributed by atoms with Crippen molar-refractivity contribution in [1.82, 2.24) is 4.98 Å². The van der Waals surface area contributed by atoms with E-state index in [0.29, 0.717) is 5.92 Å². The van der Waals surface area contributed by atoms with E-state index in [0.717, 1.165) is 11.4 Å². The van der Waals surface area contributed by atoms with Crippen LogP contribution in [0.1, 0.15) is 61.1 Å². The lowest BCUT2D eigenvalue weighted by Gasteiger charge is -2.19. The molecule has 1 heterocycles. The minimum absolute atomic E-state index is 0.166. The molecule has 3 rings (SSSR count). The van der Waals surface area contributed by atoms with Gasteiger partial charge in [-0.05, 0) is 19.3 Å². The topological polar surface area (TPSA) is 50.2 Å². The quantitative estimate of drug-likeness (QED) is 0.896. The summed E-state index contributed by atoms with van der Waals surface area (Å²) in [7, 11) is 0. The van der Waals surface area contributed by atoms with Gasteiger partial charge in [-0.3, -0.25) is 4.79 Å². The molecule has 0 amide bonds. The largest absolute Gasteiger partial charge is 0.481 e. The molecule has 1 N–H and O–H groups in total. The standard InChI is InChI=1S/C13H17NO2S/c15-13(16)10-6-9(10)12-14-11(7-17-12)8-4-2-1-3-5-8/h7-10H,1-6H2,(H,15,16). The zero-order valence-electron chi connectivity index (χ0n) is 9.76. The lowest BCUT2D eigenvalue weighted by atomic mass is 9.87. The van der Waals surface area contributed by atoms with Crippen LogP contribution in [0.4, 0.5) is 0 Å². The monoisotopic (exact) mass is 251 g/mol. The Labute approximate surface area is 105 Å². The number of rotatable bonds is 3. The van der Waals surface area contributed by atoms with Crippen LogP contribution >= 0.6 is 11.3 Å². The molecule has 3 nitrogen and oxygen atoms in total. The highest BCUT2D eigenvalue weighted by Gasteiger charge is 2.46. The van der Waals surface area contributed by atoms with Crippen LogP contribution in [-0.2, 0) is 4.79 Å². The summed E-state index contributed by atoms with van der Waals surface area (Å²) in [6.45, 7) is 0. The number of hydrogen-bond acceptors (Lipinski definition) is 3. The highest BCUT2D eigenvalue weighted by atomic mass is 32.1. The van der Waals surface area contributed by atoms with Gasteiger partial charge >= 0.3 is 5.97 Å². The number of carbonyl (C=O) groups is 1. The van der Waals surface area contributed by atoms with Crippen LogP contribution in [0.5, 0.6) is 0 Å². The van der Waals surface area contributed by atoms with Gasteiger partial charge in [0.1, 0.15) is 0 Å². The molecule has 2 unspecified atom stereocenters. The third kappa shape index (κ3) is 2.23. The van der Waals surface area contributed by atoms with E-state index in [1.54, 1.807) is 11.3 Å². The summed E-state index contributed by atoms with van der Waals surface area (Å²) in [4.78, 5) is 15.5. The second-order valence-electron chi connectivity index (χ2n) is 5.23. The number of aliphatic carboxylic acids is 1. The van der Waals surface area contributed by atoms with Crippen molar-refractivity contribution in [3.63, 3.8) is 0 Å². The first-order valence-electron chi connectivity index (χ1n) is 6.44. The normalized spacial score (nSPS) is 29.2. The van der Waals surface area contributed by atoms with Crippen molar-refractivity contribution in [2.75, 3.05) is 0 Å². The number of nitrogens with zero attached hydrogens (tertiary/aromatic N) is 1. The van der Waals surface area contributed by atoms with Crippen LogP contribution < -0.4 is 0 Å². The Balaban J connectivity index is 1.68. The molecular formula is C13H17NO2S. The van der Waals surface area contributed by atoms with Gasteiger partial charge in [-0.15, -0.1) is 11.3 Å². The molecule has 4 heteroatoms. The highest BCUT2D eigenvalue weighted by molar-refractivity contribution is 7.09. The fourth-order valence-electron chi connectivity index (χ4n) is 2.80. The zero-order chi connectivity index (χ0) is 11.8. The summed E-state index contributed by atoms with van der Waals surface area (Å²) in [5.41, 5.74) is 1.22. The van der Waals surface area contributed by atoms with Crippen LogP contribution in [-0.4, -0.2) is 16.1 Å². The maximum absolute atomic E-state index is 10.8. The summed E-state index contributed by atoms with van der Waals surface area (Å²) in [6, 6.07) is 0. The first kappa shape index (κ1) is 11.2. The second kappa shape index (κ2) is 4.41. The fourth-order valence-corrected chi connectivity index (χ4v) is 3.88. The Morgan fingerprint density at radius 1 is 1.35 bits per heavy atom. The van der Waals surface area contributed by atoms with Crippen LogP contribution in [0.25, 0.3) is 0 Å². The van der Waals surface area contributed by atoms with E-state index in [4.69, 9.17) is 5.11 Å². The van der Waals surface area contributed by atoms with Crippen molar-refractivity contribution in [2.24, 2.45) is 5.92 Å². The number of carboxylic acid groups (broad SMARTS) is 1. The molecule has 92 valence electrons. The van der Waals surface area contributed by atoms with E-state index in [9.17, 15) is 4.79 Å². The Morgan fingerprint density at radius 3 is 2.76 bits per heavy atom. The predicted molar refractivity (Wildman–Crippen MR) is 66.4 cm³/mol. The first-order valence-corrected chi connectivity index (χ1v) is 7.32. The number of carboxylic acids is 1. The summed E-state index contributed by atoms with van der Waals surface area (Å²) in [5, 5.41) is 12.1. The molecule has 1 aromatic heterocycles. The number of thiazole rings is 1. The molecule has 17 heavy (non-hydrogen) atoms. The summed E-state index contributed by atoms with van der Waals surface area (Å²) >= 11 is 1.66. The van der Waals surface area contributed by atoms with Crippen LogP contribution in [0.15, 0.2) is 5.38 Å². The second-order valence-corrected chi connectivity index (χ2v) is 6.12. The van der Waals surface area contributed by atoms with Gasteiger partial charge in [-0.2, -0.15) is 0 Å². The van der Waals surface area contributed by atoms with Gasteiger partial charge in [0.25, 0.3) is 0 Å². The molecule has 2 saturated carbocycles. The smallest absolute Gasteiger partial charge is 0.307 e. The number of hydrogen-bond donors (Lipinski definition) is 1. The zero-order valence-corrected chi connectivity index (χ0v) is 10.6. The molecule has 2 aliphatic carbocycles. The van der Waals surface area contributed by atoms with E-state index < -0.39 is 5.97 Å². The molecule has 0 aliphatic heterocycles. The fraction of sp³-hybridized carbons (Fsp3) is 0.692. The Morgan fingerprint density at radius 2 is 2.12 bits per heavy atom. The molecule has 1 aromatic rings. The van der Waals surface area contributed by atoms with Gasteiger partial charge in [-0.25, -0.2) is 4.98 Å². The lowest BCUT2D eigenvalue weighted by Crippen LogP contribution is -2.05. The van der Waals surface area contributed by atoms with E-state index in [-0.39, 0.29) is 11.8 Å². The molecule has 2 atom stereocenters. The average molecular weight is 251 g/mol. The van der Waals surface area contributed by atoms with Gasteiger partial charge in [0.15, 0.2) is 0 Å². The molecule has 0 bridgehead atoms. The molecule has 0 radical (unpaired) electrons. The van der Waals surface area contributed by atoms with Crippen molar-refractivity contribution in [3.05, 3.63) is 16.1 Å². The molecule has 2 aliphatic rings. The maximum atomic E-state index is 10.8. The highest BCUT2D eigenvalue weighted by Crippen LogP contribution is 2.49. The third-order valence-corrected chi connectivity index (χ3v) is 4.98. The Bertz CT molecular complexity index is 423. The van der Waals surface area contributed by atoms with Gasteiger partial charge < -0.3 is 5.11 Å². The maximum Gasteiger partial charge on any atom is 0.307 e. The number of aromatic nitrogens is 1. The van der Waals surface area contributed by atoms with Crippen molar-refractivity contribution >= 4 is 17.3 Å². The van der Waals surface area contributed by atoms with Gasteiger partial charge in [0, 0.05) is 17.2 Å². The lowest BCUT2D eigenvalue weighted by molar-refractivity contribution is -0.138. The third-order valence-electron chi connectivity index (χ3n) is 3.99. The van der Waals surface area contributed by atoms with Crippen molar-refractivity contribution in [1.29, 1.82) is 0 Å². The van der Waals surface area contributed by atoms with Crippen LogP contribution in [0.2, 0.25) is 0 Å². The molecular weight excluding hydrogens is 234 g/mol. The molecule has 0 aromatic carbocycles. The molecule has 2 fully saturated rings. The Kier molecular flexibility index (Phi) is 2.90. The van der Waals surface area contributed by atoms with Gasteiger partial charge in [0.05, 0.1) is 16.6 Å². The Hall–Kier alpha value is -0.900. The van der Waals surface area contributed by atoms with E-state index >= 15 is 0 Å². The molecule has 0 spiro atoms. The van der Waals surface area contributed by atoms with Crippen molar-refractivity contribution in [2.45, 2.75) is 50.4 Å². The summed E-state index contributed by atoms with van der Waals surface area (Å²) in [5.74, 6) is 0.00962. The van der Waals surface area contributed by atoms with E-state index in [2.05, 4.69) is 10.4 Å². The van der Waals surface area contributed by atoms with Crippen molar-refractivity contribution < 1.29 is 9.90 Å². The minimum Gasteiger partial charge on any atom is -0.481 e. The van der Waals surface area contributed by atoms with Gasteiger partial charge in [0.2, 0.25) is 0 Å². The minimum atomic E-state index is -0.663. The summed E-state index contributed by atoms with van der Waals surface area (Å²) in [6.07, 6.45) is 7.30. The van der Waals surface area contributed by atoms with Crippen molar-refractivity contribution in [3.8, 4) is 0 Å². The van der Waals surface area contributed by atoms with E-state index in [1.807, 2.05) is 0 Å². The van der Waals surface area contributed by atoms with Gasteiger partial charge in [-0.1, -0.05) is 19.3 Å². The summed E-state index contributed by atoms with van der Waals surface area (Å²) < 4.78 is 0. The van der Waals surface area contributed by atoms with Crippen LogP contribution in [0, 0.1) is 5.92 Å². The van der Waals surface area contributed by atoms with Crippen LogP contribution in [0.3, 0.4) is 0 Å². The first-order chi connectivity index (χ1) is 8.25. The SMILES string of the molecule is O=C(O)C1CC1c1nc(C2CCCCC2)cs1.